The molecular formula is C15H21NO. The van der Waals surface area contributed by atoms with Crippen LogP contribution in [0.25, 0.3) is 0 Å². The van der Waals surface area contributed by atoms with Crippen LogP contribution in [0.3, 0.4) is 0 Å². The second-order valence-electron chi connectivity index (χ2n) is 4.82. The second kappa shape index (κ2) is 5.97. The Balaban J connectivity index is 1.98. The maximum absolute atomic E-state index is 12.1. The highest BCUT2D eigenvalue weighted by atomic mass is 16.1. The summed E-state index contributed by atoms with van der Waals surface area (Å²) in [5.41, 5.74) is 0.841. The minimum atomic E-state index is 0.256. The first-order chi connectivity index (χ1) is 8.31. The number of piperidine rings is 1. The number of benzene rings is 1. The quantitative estimate of drug-likeness (QED) is 0.742. The molecule has 1 aromatic rings. The lowest BCUT2D eigenvalue weighted by Gasteiger charge is -2.34. The van der Waals surface area contributed by atoms with Gasteiger partial charge in [-0.1, -0.05) is 43.7 Å². The van der Waals surface area contributed by atoms with Crippen molar-refractivity contribution in [1.29, 1.82) is 0 Å². The summed E-state index contributed by atoms with van der Waals surface area (Å²) in [5.74, 6) is 0.256. The summed E-state index contributed by atoms with van der Waals surface area (Å²) in [6, 6.07) is 10.2. The molecule has 0 radical (unpaired) electrons. The van der Waals surface area contributed by atoms with Gasteiger partial charge in [0.05, 0.1) is 6.54 Å². The van der Waals surface area contributed by atoms with Gasteiger partial charge in [-0.15, -0.1) is 0 Å². The van der Waals surface area contributed by atoms with E-state index in [1.165, 1.54) is 19.3 Å². The summed E-state index contributed by atoms with van der Waals surface area (Å²) in [5, 5.41) is 0. The zero-order chi connectivity index (χ0) is 12.1. The van der Waals surface area contributed by atoms with Crippen LogP contribution in [-0.2, 0) is 0 Å². The Hall–Kier alpha value is -1.15. The molecule has 1 aliphatic heterocycles. The number of carbonyl (C=O) groups excluding carboxylic acids is 1. The summed E-state index contributed by atoms with van der Waals surface area (Å²) in [6.45, 7) is 3.88. The van der Waals surface area contributed by atoms with Gasteiger partial charge in [-0.3, -0.25) is 9.69 Å². The van der Waals surface area contributed by atoms with Crippen LogP contribution in [0.2, 0.25) is 0 Å². The minimum absolute atomic E-state index is 0.256. The van der Waals surface area contributed by atoms with E-state index in [2.05, 4.69) is 11.8 Å². The molecular weight excluding hydrogens is 210 g/mol. The highest BCUT2D eigenvalue weighted by Gasteiger charge is 2.22. The van der Waals surface area contributed by atoms with Crippen molar-refractivity contribution >= 4 is 5.78 Å². The third-order valence-electron chi connectivity index (χ3n) is 3.66. The van der Waals surface area contributed by atoms with Gasteiger partial charge in [0.1, 0.15) is 0 Å². The van der Waals surface area contributed by atoms with Crippen molar-refractivity contribution in [2.75, 3.05) is 13.1 Å². The summed E-state index contributed by atoms with van der Waals surface area (Å²) < 4.78 is 0. The molecule has 1 heterocycles. The minimum Gasteiger partial charge on any atom is -0.293 e. The standard InChI is InChI=1S/C15H21NO/c1-2-14-10-6-7-11-16(14)12-15(17)13-8-4-3-5-9-13/h3-5,8-9,14H,2,6-7,10-12H2,1H3. The fourth-order valence-corrected chi connectivity index (χ4v) is 2.63. The molecule has 2 nitrogen and oxygen atoms in total. The van der Waals surface area contributed by atoms with Gasteiger partial charge in [0.2, 0.25) is 0 Å². The third kappa shape index (κ3) is 3.16. The smallest absolute Gasteiger partial charge is 0.176 e. The van der Waals surface area contributed by atoms with Crippen LogP contribution in [0.4, 0.5) is 0 Å². The van der Waals surface area contributed by atoms with E-state index in [-0.39, 0.29) is 5.78 Å². The normalized spacial score (nSPS) is 21.4. The SMILES string of the molecule is CCC1CCCCN1CC(=O)c1ccccc1. The number of hydrogen-bond donors (Lipinski definition) is 0. The van der Waals surface area contributed by atoms with Crippen LogP contribution in [0, 0.1) is 0 Å². The molecule has 0 N–H and O–H groups in total. The summed E-state index contributed by atoms with van der Waals surface area (Å²) in [7, 11) is 0. The molecule has 0 saturated carbocycles. The Morgan fingerprint density at radius 1 is 1.29 bits per heavy atom. The number of Topliss-reactive ketones (excluding diaryl/α,β-unsaturated/α-hetero) is 1. The molecule has 2 rings (SSSR count). The van der Waals surface area contributed by atoms with E-state index < -0.39 is 0 Å². The van der Waals surface area contributed by atoms with Crippen LogP contribution in [0.1, 0.15) is 43.0 Å². The zero-order valence-electron chi connectivity index (χ0n) is 10.6. The van der Waals surface area contributed by atoms with E-state index in [1.54, 1.807) is 0 Å². The number of likely N-dealkylation sites (tertiary alicyclic amines) is 1. The van der Waals surface area contributed by atoms with E-state index >= 15 is 0 Å². The van der Waals surface area contributed by atoms with Crippen molar-refractivity contribution in [3.05, 3.63) is 35.9 Å². The van der Waals surface area contributed by atoms with E-state index in [9.17, 15) is 4.79 Å². The van der Waals surface area contributed by atoms with E-state index in [0.717, 1.165) is 18.5 Å². The average molecular weight is 231 g/mol. The molecule has 0 aromatic heterocycles. The maximum atomic E-state index is 12.1. The van der Waals surface area contributed by atoms with Gasteiger partial charge in [0.15, 0.2) is 5.78 Å². The monoisotopic (exact) mass is 231 g/mol. The first-order valence-electron chi connectivity index (χ1n) is 6.63. The Kier molecular flexibility index (Phi) is 4.32. The van der Waals surface area contributed by atoms with Gasteiger partial charge in [0.25, 0.3) is 0 Å². The number of hydrogen-bond acceptors (Lipinski definition) is 2. The number of nitrogens with zero attached hydrogens (tertiary/aromatic N) is 1. The molecule has 1 fully saturated rings. The van der Waals surface area contributed by atoms with Crippen molar-refractivity contribution in [2.45, 2.75) is 38.6 Å². The van der Waals surface area contributed by atoms with E-state index in [4.69, 9.17) is 0 Å². The fraction of sp³-hybridized carbons (Fsp3) is 0.533. The molecule has 92 valence electrons. The van der Waals surface area contributed by atoms with Crippen LogP contribution in [-0.4, -0.2) is 29.8 Å². The zero-order valence-corrected chi connectivity index (χ0v) is 10.6. The summed E-state index contributed by atoms with van der Waals surface area (Å²) >= 11 is 0. The lowest BCUT2D eigenvalue weighted by molar-refractivity contribution is 0.0838. The van der Waals surface area contributed by atoms with E-state index in [0.29, 0.717) is 12.6 Å². The predicted octanol–water partition coefficient (Wildman–Crippen LogP) is 3.13. The number of ketones is 1. The lowest BCUT2D eigenvalue weighted by Crippen LogP contribution is -2.42. The molecule has 1 aromatic carbocycles. The molecule has 17 heavy (non-hydrogen) atoms. The molecule has 2 heteroatoms. The number of rotatable bonds is 4. The van der Waals surface area contributed by atoms with Crippen LogP contribution >= 0.6 is 0 Å². The largest absolute Gasteiger partial charge is 0.293 e. The highest BCUT2D eigenvalue weighted by Crippen LogP contribution is 2.19. The van der Waals surface area contributed by atoms with Crippen LogP contribution < -0.4 is 0 Å². The first-order valence-corrected chi connectivity index (χ1v) is 6.63. The Morgan fingerprint density at radius 2 is 2.06 bits per heavy atom. The Morgan fingerprint density at radius 3 is 2.76 bits per heavy atom. The molecule has 1 aliphatic rings. The first kappa shape index (κ1) is 12.3. The highest BCUT2D eigenvalue weighted by molar-refractivity contribution is 5.97. The predicted molar refractivity (Wildman–Crippen MR) is 70.3 cm³/mol. The fourth-order valence-electron chi connectivity index (χ4n) is 2.63. The average Bonchev–Trinajstić information content (AvgIpc) is 2.40. The van der Waals surface area contributed by atoms with Crippen LogP contribution in [0.15, 0.2) is 30.3 Å². The van der Waals surface area contributed by atoms with Crippen molar-refractivity contribution in [3.8, 4) is 0 Å². The van der Waals surface area contributed by atoms with Gasteiger partial charge < -0.3 is 0 Å². The molecule has 0 bridgehead atoms. The number of carbonyl (C=O) groups is 1. The van der Waals surface area contributed by atoms with Crippen molar-refractivity contribution in [3.63, 3.8) is 0 Å². The van der Waals surface area contributed by atoms with Crippen molar-refractivity contribution in [2.24, 2.45) is 0 Å². The summed E-state index contributed by atoms with van der Waals surface area (Å²) in [4.78, 5) is 14.5. The Bertz CT molecular complexity index is 360. The van der Waals surface area contributed by atoms with Gasteiger partial charge in [0, 0.05) is 11.6 Å². The van der Waals surface area contributed by atoms with Gasteiger partial charge in [-0.2, -0.15) is 0 Å². The topological polar surface area (TPSA) is 20.3 Å². The molecule has 0 spiro atoms. The van der Waals surface area contributed by atoms with Crippen molar-refractivity contribution < 1.29 is 4.79 Å². The Labute approximate surface area is 104 Å². The lowest BCUT2D eigenvalue weighted by atomic mass is 9.99. The van der Waals surface area contributed by atoms with Gasteiger partial charge in [-0.25, -0.2) is 0 Å². The molecule has 1 unspecified atom stereocenters. The molecule has 0 amide bonds. The molecule has 0 aliphatic carbocycles. The van der Waals surface area contributed by atoms with Gasteiger partial charge >= 0.3 is 0 Å². The second-order valence-corrected chi connectivity index (χ2v) is 4.82. The van der Waals surface area contributed by atoms with E-state index in [1.807, 2.05) is 30.3 Å². The van der Waals surface area contributed by atoms with Crippen LogP contribution in [0.5, 0.6) is 0 Å². The summed E-state index contributed by atoms with van der Waals surface area (Å²) in [6.07, 6.45) is 4.95. The van der Waals surface area contributed by atoms with Gasteiger partial charge in [-0.05, 0) is 25.8 Å². The third-order valence-corrected chi connectivity index (χ3v) is 3.66. The molecule has 1 saturated heterocycles. The molecule has 1 atom stereocenters. The van der Waals surface area contributed by atoms with Crippen molar-refractivity contribution in [1.82, 2.24) is 4.90 Å². The maximum Gasteiger partial charge on any atom is 0.176 e.